The molecule has 3 N–H and O–H groups in total. The van der Waals surface area contributed by atoms with Crippen LogP contribution in [0, 0.1) is 0 Å². The number of amides is 1. The molecule has 0 bridgehead atoms. The first-order chi connectivity index (χ1) is 6.07. The molecule has 0 aromatic heterocycles. The van der Waals surface area contributed by atoms with Crippen molar-refractivity contribution in [3.8, 4) is 0 Å². The van der Waals surface area contributed by atoms with E-state index in [1.807, 2.05) is 0 Å². The molecule has 0 aromatic carbocycles. The van der Waals surface area contributed by atoms with Gasteiger partial charge in [0.05, 0.1) is 7.11 Å². The van der Waals surface area contributed by atoms with Crippen LogP contribution in [0.25, 0.3) is 0 Å². The summed E-state index contributed by atoms with van der Waals surface area (Å²) in [6, 6.07) is -0.335. The molecular weight excluding hydrogens is 172 g/mol. The molecule has 0 radical (unpaired) electrons. The van der Waals surface area contributed by atoms with Crippen LogP contribution in [0.5, 0.6) is 0 Å². The zero-order valence-electron chi connectivity index (χ0n) is 8.00. The van der Waals surface area contributed by atoms with E-state index in [9.17, 15) is 9.59 Å². The molecule has 0 aliphatic carbocycles. The second kappa shape index (κ2) is 6.42. The third-order valence-electron chi connectivity index (χ3n) is 1.61. The van der Waals surface area contributed by atoms with Gasteiger partial charge < -0.3 is 15.8 Å². The molecule has 0 aromatic rings. The Morgan fingerprint density at radius 1 is 1.54 bits per heavy atom. The predicted octanol–water partition coefficient (Wildman–Crippen LogP) is -0.597. The number of nitrogens with two attached hydrogens (primary N) is 1. The van der Waals surface area contributed by atoms with Crippen molar-refractivity contribution in [1.29, 1.82) is 0 Å². The fraction of sp³-hybridized carbons (Fsp3) is 0.750. The number of rotatable bonds is 6. The Morgan fingerprint density at radius 2 is 2.15 bits per heavy atom. The average Bonchev–Trinajstić information content (AvgIpc) is 2.10. The van der Waals surface area contributed by atoms with E-state index in [4.69, 9.17) is 5.73 Å². The Kier molecular flexibility index (Phi) is 5.88. The zero-order chi connectivity index (χ0) is 10.3. The Morgan fingerprint density at radius 3 is 2.62 bits per heavy atom. The lowest BCUT2D eigenvalue weighted by molar-refractivity contribution is -0.142. The monoisotopic (exact) mass is 188 g/mol. The molecular formula is C8H16N2O3. The summed E-state index contributed by atoms with van der Waals surface area (Å²) in [6.45, 7) is 2.29. The van der Waals surface area contributed by atoms with Crippen LogP contribution in [0.3, 0.4) is 0 Å². The van der Waals surface area contributed by atoms with Crippen LogP contribution in [-0.4, -0.2) is 31.6 Å². The van der Waals surface area contributed by atoms with Crippen molar-refractivity contribution in [2.45, 2.75) is 25.8 Å². The van der Waals surface area contributed by atoms with Gasteiger partial charge in [-0.3, -0.25) is 9.59 Å². The van der Waals surface area contributed by atoms with Gasteiger partial charge in [-0.1, -0.05) is 0 Å². The van der Waals surface area contributed by atoms with Crippen LogP contribution in [0.2, 0.25) is 0 Å². The van der Waals surface area contributed by atoms with Gasteiger partial charge in [0.15, 0.2) is 0 Å². The van der Waals surface area contributed by atoms with Crippen molar-refractivity contribution >= 4 is 11.9 Å². The molecule has 1 atom stereocenters. The molecule has 0 saturated heterocycles. The Bertz CT molecular complexity index is 182. The maximum atomic E-state index is 10.9. The summed E-state index contributed by atoms with van der Waals surface area (Å²) in [4.78, 5) is 21.2. The van der Waals surface area contributed by atoms with Gasteiger partial charge >= 0.3 is 5.97 Å². The molecule has 1 amide bonds. The smallest absolute Gasteiger partial charge is 0.322 e. The normalized spacial score (nSPS) is 12.2. The number of hydrogen-bond acceptors (Lipinski definition) is 4. The maximum absolute atomic E-state index is 10.9. The molecule has 0 aliphatic rings. The molecule has 76 valence electrons. The fourth-order valence-electron chi connectivity index (χ4n) is 0.841. The van der Waals surface area contributed by atoms with E-state index in [0.29, 0.717) is 19.4 Å². The van der Waals surface area contributed by atoms with E-state index in [-0.39, 0.29) is 17.9 Å². The molecule has 0 saturated carbocycles. The first-order valence-corrected chi connectivity index (χ1v) is 4.17. The molecule has 0 fully saturated rings. The number of primary amides is 1. The first kappa shape index (κ1) is 11.9. The zero-order valence-corrected chi connectivity index (χ0v) is 8.00. The lowest BCUT2D eigenvalue weighted by Gasteiger charge is -2.10. The van der Waals surface area contributed by atoms with Gasteiger partial charge in [-0.25, -0.2) is 0 Å². The summed E-state index contributed by atoms with van der Waals surface area (Å²) in [5, 5.41) is 2.91. The van der Waals surface area contributed by atoms with Crippen molar-refractivity contribution < 1.29 is 14.3 Å². The van der Waals surface area contributed by atoms with Gasteiger partial charge in [0.2, 0.25) is 5.91 Å². The van der Waals surface area contributed by atoms with E-state index >= 15 is 0 Å². The lowest BCUT2D eigenvalue weighted by Crippen LogP contribution is -2.35. The highest BCUT2D eigenvalue weighted by atomic mass is 16.5. The van der Waals surface area contributed by atoms with Crippen LogP contribution in [0.15, 0.2) is 0 Å². The van der Waals surface area contributed by atoms with E-state index < -0.39 is 0 Å². The van der Waals surface area contributed by atoms with Crippen molar-refractivity contribution in [3.05, 3.63) is 0 Å². The van der Waals surface area contributed by atoms with Gasteiger partial charge in [0.1, 0.15) is 6.04 Å². The SMILES string of the molecule is COC(=O)C(C)NCCCC(N)=O. The summed E-state index contributed by atoms with van der Waals surface area (Å²) in [5.74, 6) is -0.633. The minimum atomic E-state index is -0.335. The lowest BCUT2D eigenvalue weighted by atomic mass is 10.2. The van der Waals surface area contributed by atoms with Gasteiger partial charge in [0.25, 0.3) is 0 Å². The van der Waals surface area contributed by atoms with E-state index in [0.717, 1.165) is 0 Å². The highest BCUT2D eigenvalue weighted by Crippen LogP contribution is 1.89. The molecule has 5 heteroatoms. The fourth-order valence-corrected chi connectivity index (χ4v) is 0.841. The molecule has 0 rings (SSSR count). The van der Waals surface area contributed by atoms with E-state index in [1.54, 1.807) is 6.92 Å². The average molecular weight is 188 g/mol. The Labute approximate surface area is 77.6 Å². The number of carbonyl (C=O) groups excluding carboxylic acids is 2. The number of esters is 1. The highest BCUT2D eigenvalue weighted by molar-refractivity contribution is 5.75. The van der Waals surface area contributed by atoms with E-state index in [2.05, 4.69) is 10.1 Å². The number of nitrogens with one attached hydrogen (secondary N) is 1. The maximum Gasteiger partial charge on any atom is 0.322 e. The van der Waals surface area contributed by atoms with Crippen LogP contribution >= 0.6 is 0 Å². The second-order valence-electron chi connectivity index (χ2n) is 2.77. The molecule has 5 nitrogen and oxygen atoms in total. The highest BCUT2D eigenvalue weighted by Gasteiger charge is 2.10. The van der Waals surface area contributed by atoms with E-state index in [1.165, 1.54) is 7.11 Å². The topological polar surface area (TPSA) is 81.4 Å². The van der Waals surface area contributed by atoms with Gasteiger partial charge in [-0.15, -0.1) is 0 Å². The van der Waals surface area contributed by atoms with Crippen LogP contribution in [-0.2, 0) is 14.3 Å². The number of hydrogen-bond donors (Lipinski definition) is 2. The Balaban J connectivity index is 3.42. The van der Waals surface area contributed by atoms with Crippen molar-refractivity contribution in [3.63, 3.8) is 0 Å². The van der Waals surface area contributed by atoms with Crippen molar-refractivity contribution in [2.24, 2.45) is 5.73 Å². The summed E-state index contributed by atoms with van der Waals surface area (Å²) in [7, 11) is 1.34. The Hall–Kier alpha value is -1.10. The molecule has 1 unspecified atom stereocenters. The molecule has 13 heavy (non-hydrogen) atoms. The number of ether oxygens (including phenoxy) is 1. The largest absolute Gasteiger partial charge is 0.468 e. The minimum Gasteiger partial charge on any atom is -0.468 e. The molecule has 0 aliphatic heterocycles. The van der Waals surface area contributed by atoms with Crippen LogP contribution in [0.1, 0.15) is 19.8 Å². The third kappa shape index (κ3) is 6.10. The first-order valence-electron chi connectivity index (χ1n) is 4.17. The predicted molar refractivity (Wildman–Crippen MR) is 47.9 cm³/mol. The standard InChI is InChI=1S/C8H16N2O3/c1-6(8(12)13-2)10-5-3-4-7(9)11/h6,10H,3-5H2,1-2H3,(H2,9,11). The number of carbonyl (C=O) groups is 2. The van der Waals surface area contributed by atoms with Gasteiger partial charge in [0, 0.05) is 6.42 Å². The van der Waals surface area contributed by atoms with Crippen LogP contribution < -0.4 is 11.1 Å². The summed E-state index contributed by atoms with van der Waals surface area (Å²) >= 11 is 0. The summed E-state index contributed by atoms with van der Waals surface area (Å²) < 4.78 is 4.50. The quantitative estimate of drug-likeness (QED) is 0.431. The van der Waals surface area contributed by atoms with Crippen molar-refractivity contribution in [1.82, 2.24) is 5.32 Å². The van der Waals surface area contributed by atoms with Gasteiger partial charge in [-0.05, 0) is 19.9 Å². The molecule has 0 spiro atoms. The third-order valence-corrected chi connectivity index (χ3v) is 1.61. The summed E-state index contributed by atoms with van der Waals surface area (Å²) in [5.41, 5.74) is 4.94. The number of methoxy groups -OCH3 is 1. The minimum absolute atomic E-state index is 0.306. The van der Waals surface area contributed by atoms with Gasteiger partial charge in [-0.2, -0.15) is 0 Å². The second-order valence-corrected chi connectivity index (χ2v) is 2.77. The molecule has 0 heterocycles. The summed E-state index contributed by atoms with van der Waals surface area (Å²) in [6.07, 6.45) is 0.970. The van der Waals surface area contributed by atoms with Crippen LogP contribution in [0.4, 0.5) is 0 Å². The van der Waals surface area contributed by atoms with Crippen molar-refractivity contribution in [2.75, 3.05) is 13.7 Å².